The Kier molecular flexibility index (Phi) is 2.76. The van der Waals surface area contributed by atoms with Gasteiger partial charge in [-0.3, -0.25) is 0 Å². The topological polar surface area (TPSA) is 98.3 Å². The first-order valence-electron chi connectivity index (χ1n) is 3.50. The molecule has 0 aliphatic heterocycles. The normalized spacial score (nSPS) is 12.2. The lowest BCUT2D eigenvalue weighted by Crippen LogP contribution is -2.15. The van der Waals surface area contributed by atoms with Gasteiger partial charge in [0.15, 0.2) is 6.10 Å². The maximum atomic E-state index is 10.8. The SMILES string of the molecule is COC(=O)C(O)c1ccc(N)nn1. The smallest absolute Gasteiger partial charge is 0.341 e. The van der Waals surface area contributed by atoms with Gasteiger partial charge in [0.1, 0.15) is 11.5 Å². The molecule has 70 valence electrons. The lowest BCUT2D eigenvalue weighted by atomic mass is 10.2. The summed E-state index contributed by atoms with van der Waals surface area (Å²) in [5, 5.41) is 16.3. The van der Waals surface area contributed by atoms with Crippen molar-refractivity contribution in [1.82, 2.24) is 10.2 Å². The van der Waals surface area contributed by atoms with E-state index in [1.165, 1.54) is 19.2 Å². The number of aliphatic hydroxyl groups is 1. The summed E-state index contributed by atoms with van der Waals surface area (Å²) in [6.07, 6.45) is -1.40. The van der Waals surface area contributed by atoms with Gasteiger partial charge < -0.3 is 15.6 Å². The molecule has 1 atom stereocenters. The third-order valence-corrected chi connectivity index (χ3v) is 1.41. The van der Waals surface area contributed by atoms with Crippen molar-refractivity contribution in [3.05, 3.63) is 17.8 Å². The van der Waals surface area contributed by atoms with Crippen LogP contribution in [0.5, 0.6) is 0 Å². The molecular weight excluding hydrogens is 174 g/mol. The Labute approximate surface area is 74.3 Å². The van der Waals surface area contributed by atoms with E-state index < -0.39 is 12.1 Å². The van der Waals surface area contributed by atoms with Crippen LogP contribution < -0.4 is 5.73 Å². The Morgan fingerprint density at radius 2 is 2.31 bits per heavy atom. The molecule has 6 heteroatoms. The first-order chi connectivity index (χ1) is 6.15. The number of carbonyl (C=O) groups is 1. The Hall–Kier alpha value is -1.69. The minimum absolute atomic E-state index is 0.112. The number of hydrogen-bond acceptors (Lipinski definition) is 6. The number of methoxy groups -OCH3 is 1. The highest BCUT2D eigenvalue weighted by molar-refractivity contribution is 5.75. The van der Waals surface area contributed by atoms with Gasteiger partial charge in [0.2, 0.25) is 0 Å². The lowest BCUT2D eigenvalue weighted by molar-refractivity contribution is -0.151. The van der Waals surface area contributed by atoms with Gasteiger partial charge in [-0.05, 0) is 12.1 Å². The number of nitrogen functional groups attached to an aromatic ring is 1. The zero-order valence-corrected chi connectivity index (χ0v) is 6.97. The number of hydrogen-bond donors (Lipinski definition) is 2. The fourth-order valence-corrected chi connectivity index (χ4v) is 0.731. The van der Waals surface area contributed by atoms with Gasteiger partial charge >= 0.3 is 5.97 Å². The maximum absolute atomic E-state index is 10.8. The molecule has 1 heterocycles. The van der Waals surface area contributed by atoms with Crippen LogP contribution in [0.4, 0.5) is 5.82 Å². The molecule has 13 heavy (non-hydrogen) atoms. The van der Waals surface area contributed by atoms with Crippen LogP contribution >= 0.6 is 0 Å². The second-order valence-corrected chi connectivity index (χ2v) is 2.31. The third kappa shape index (κ3) is 2.12. The highest BCUT2D eigenvalue weighted by atomic mass is 16.5. The van der Waals surface area contributed by atoms with E-state index in [1.54, 1.807) is 0 Å². The Morgan fingerprint density at radius 1 is 1.62 bits per heavy atom. The summed E-state index contributed by atoms with van der Waals surface area (Å²) in [6, 6.07) is 2.85. The molecule has 0 amide bonds. The van der Waals surface area contributed by atoms with E-state index in [9.17, 15) is 9.90 Å². The van der Waals surface area contributed by atoms with Crippen molar-refractivity contribution in [2.75, 3.05) is 12.8 Å². The molecule has 0 fully saturated rings. The number of nitrogens with zero attached hydrogens (tertiary/aromatic N) is 2. The molecule has 1 rings (SSSR count). The van der Waals surface area contributed by atoms with Gasteiger partial charge in [0.05, 0.1) is 7.11 Å². The van der Waals surface area contributed by atoms with E-state index in [2.05, 4.69) is 14.9 Å². The molecule has 0 aliphatic rings. The van der Waals surface area contributed by atoms with E-state index in [0.29, 0.717) is 0 Å². The molecule has 0 aromatic carbocycles. The average Bonchev–Trinajstić information content (AvgIpc) is 2.17. The number of esters is 1. The minimum atomic E-state index is -1.40. The number of aliphatic hydroxyl groups excluding tert-OH is 1. The van der Waals surface area contributed by atoms with Crippen molar-refractivity contribution < 1.29 is 14.6 Å². The molecule has 0 spiro atoms. The van der Waals surface area contributed by atoms with Gasteiger partial charge in [-0.15, -0.1) is 5.10 Å². The van der Waals surface area contributed by atoms with Crippen molar-refractivity contribution in [1.29, 1.82) is 0 Å². The lowest BCUT2D eigenvalue weighted by Gasteiger charge is -2.05. The van der Waals surface area contributed by atoms with E-state index in [-0.39, 0.29) is 11.5 Å². The molecule has 1 unspecified atom stereocenters. The first kappa shape index (κ1) is 9.40. The summed E-state index contributed by atoms with van der Waals surface area (Å²) >= 11 is 0. The third-order valence-electron chi connectivity index (χ3n) is 1.41. The van der Waals surface area contributed by atoms with Gasteiger partial charge in [-0.1, -0.05) is 0 Å². The monoisotopic (exact) mass is 183 g/mol. The largest absolute Gasteiger partial charge is 0.467 e. The Morgan fingerprint density at radius 3 is 2.77 bits per heavy atom. The first-order valence-corrected chi connectivity index (χ1v) is 3.50. The quantitative estimate of drug-likeness (QED) is 0.586. The molecular formula is C7H9N3O3. The molecule has 0 saturated heterocycles. The summed E-state index contributed by atoms with van der Waals surface area (Å²) in [7, 11) is 1.18. The average molecular weight is 183 g/mol. The molecule has 1 aromatic heterocycles. The predicted molar refractivity (Wildman–Crippen MR) is 43.4 cm³/mol. The van der Waals surface area contributed by atoms with Crippen molar-refractivity contribution in [3.8, 4) is 0 Å². The number of ether oxygens (including phenoxy) is 1. The van der Waals surface area contributed by atoms with Crippen LogP contribution in [0, 0.1) is 0 Å². The number of nitrogens with two attached hydrogens (primary N) is 1. The second kappa shape index (κ2) is 3.81. The molecule has 0 bridgehead atoms. The van der Waals surface area contributed by atoms with Crippen LogP contribution in [0.2, 0.25) is 0 Å². The number of anilines is 1. The molecule has 0 aliphatic carbocycles. The Balaban J connectivity index is 2.83. The van der Waals surface area contributed by atoms with Gasteiger partial charge in [-0.25, -0.2) is 4.79 Å². The van der Waals surface area contributed by atoms with Crippen LogP contribution in [0.15, 0.2) is 12.1 Å². The fourth-order valence-electron chi connectivity index (χ4n) is 0.731. The number of rotatable bonds is 2. The maximum Gasteiger partial charge on any atom is 0.341 e. The summed E-state index contributed by atoms with van der Waals surface area (Å²) in [5.41, 5.74) is 5.38. The minimum Gasteiger partial charge on any atom is -0.467 e. The molecule has 0 radical (unpaired) electrons. The Bertz CT molecular complexity index is 298. The molecule has 6 nitrogen and oxygen atoms in total. The summed E-state index contributed by atoms with van der Waals surface area (Å²) in [6.45, 7) is 0. The van der Waals surface area contributed by atoms with E-state index >= 15 is 0 Å². The molecule has 1 aromatic rings. The van der Waals surface area contributed by atoms with Crippen LogP contribution in [0.1, 0.15) is 11.8 Å². The fraction of sp³-hybridized carbons (Fsp3) is 0.286. The van der Waals surface area contributed by atoms with Crippen LogP contribution in [0.3, 0.4) is 0 Å². The van der Waals surface area contributed by atoms with Crippen LogP contribution in [-0.2, 0) is 9.53 Å². The summed E-state index contributed by atoms with van der Waals surface area (Å²) < 4.78 is 4.31. The van der Waals surface area contributed by atoms with Crippen LogP contribution in [-0.4, -0.2) is 28.4 Å². The highest BCUT2D eigenvalue weighted by Crippen LogP contribution is 2.10. The zero-order chi connectivity index (χ0) is 9.84. The molecule has 0 saturated carbocycles. The van der Waals surface area contributed by atoms with Gasteiger partial charge in [0.25, 0.3) is 0 Å². The molecule has 3 N–H and O–H groups in total. The zero-order valence-electron chi connectivity index (χ0n) is 6.97. The van der Waals surface area contributed by atoms with E-state index in [0.717, 1.165) is 0 Å². The number of carbonyl (C=O) groups excluding carboxylic acids is 1. The van der Waals surface area contributed by atoms with Crippen molar-refractivity contribution in [2.24, 2.45) is 0 Å². The summed E-state index contributed by atoms with van der Waals surface area (Å²) in [4.78, 5) is 10.8. The highest BCUT2D eigenvalue weighted by Gasteiger charge is 2.19. The van der Waals surface area contributed by atoms with E-state index in [4.69, 9.17) is 5.73 Å². The number of aromatic nitrogens is 2. The predicted octanol–water partition coefficient (Wildman–Crippen LogP) is -0.735. The van der Waals surface area contributed by atoms with E-state index in [1.807, 2.05) is 0 Å². The van der Waals surface area contributed by atoms with Gasteiger partial charge in [-0.2, -0.15) is 5.10 Å². The van der Waals surface area contributed by atoms with Crippen molar-refractivity contribution in [2.45, 2.75) is 6.10 Å². The van der Waals surface area contributed by atoms with Crippen molar-refractivity contribution in [3.63, 3.8) is 0 Å². The summed E-state index contributed by atoms with van der Waals surface area (Å²) in [5.74, 6) is -0.556. The van der Waals surface area contributed by atoms with Gasteiger partial charge in [0, 0.05) is 0 Å². The second-order valence-electron chi connectivity index (χ2n) is 2.31. The van der Waals surface area contributed by atoms with Crippen molar-refractivity contribution >= 4 is 11.8 Å². The van der Waals surface area contributed by atoms with Crippen LogP contribution in [0.25, 0.3) is 0 Å². The standard InChI is InChI=1S/C7H9N3O3/c1-13-7(12)6(11)4-2-3-5(8)10-9-4/h2-3,6,11H,1H3,(H2,8,10).